The van der Waals surface area contributed by atoms with Crippen LogP contribution in [0.1, 0.15) is 11.1 Å². The zero-order chi connectivity index (χ0) is 23.8. The fourth-order valence-electron chi connectivity index (χ4n) is 2.66. The first-order chi connectivity index (χ1) is 15.2. The Hall–Kier alpha value is -3.66. The number of carbonyl (C=O) groups is 2. The molecule has 9 heteroatoms. The van der Waals surface area contributed by atoms with E-state index in [4.69, 9.17) is 9.47 Å². The Morgan fingerprint density at radius 1 is 0.750 bits per heavy atom. The number of hydrogen-bond donors (Lipinski definition) is 5. The van der Waals surface area contributed by atoms with Gasteiger partial charge < -0.3 is 35.0 Å². The fraction of sp³-hybridized carbons (Fsp3) is 0.217. The molecule has 5 N–H and O–H groups in total. The van der Waals surface area contributed by atoms with Crippen LogP contribution in [0.15, 0.2) is 48.6 Å². The Morgan fingerprint density at radius 3 is 1.47 bits per heavy atom. The predicted molar refractivity (Wildman–Crippen MR) is 115 cm³/mol. The van der Waals surface area contributed by atoms with Gasteiger partial charge in [0.1, 0.15) is 18.3 Å². The van der Waals surface area contributed by atoms with E-state index in [0.717, 1.165) is 12.2 Å². The molecule has 0 spiro atoms. The monoisotopic (exact) mass is 444 g/mol. The molecular weight excluding hydrogens is 420 g/mol. The molecule has 9 nitrogen and oxygen atoms in total. The molecule has 2 aromatic rings. The molecular formula is C23H24O9. The fourth-order valence-corrected chi connectivity index (χ4v) is 2.66. The molecule has 0 saturated carbocycles. The highest BCUT2D eigenvalue weighted by atomic mass is 16.5. The summed E-state index contributed by atoms with van der Waals surface area (Å²) in [5.41, 5.74) is 0.942. The summed E-state index contributed by atoms with van der Waals surface area (Å²) >= 11 is 0. The molecule has 0 radical (unpaired) electrons. The van der Waals surface area contributed by atoms with Crippen molar-refractivity contribution < 1.29 is 44.6 Å². The number of aromatic hydroxyl groups is 2. The minimum atomic E-state index is -2.06. The van der Waals surface area contributed by atoms with Crippen molar-refractivity contribution in [2.75, 3.05) is 14.2 Å². The number of ketones is 2. The van der Waals surface area contributed by atoms with E-state index in [-0.39, 0.29) is 23.0 Å². The lowest BCUT2D eigenvalue weighted by Crippen LogP contribution is -2.45. The van der Waals surface area contributed by atoms with E-state index >= 15 is 0 Å². The largest absolute Gasteiger partial charge is 0.504 e. The van der Waals surface area contributed by atoms with Crippen LogP contribution in [0.3, 0.4) is 0 Å². The summed E-state index contributed by atoms with van der Waals surface area (Å²) in [5, 5.41) is 49.2. The van der Waals surface area contributed by atoms with Gasteiger partial charge in [-0.3, -0.25) is 9.59 Å². The van der Waals surface area contributed by atoms with Crippen LogP contribution < -0.4 is 9.47 Å². The van der Waals surface area contributed by atoms with Crippen molar-refractivity contribution in [3.63, 3.8) is 0 Å². The van der Waals surface area contributed by atoms with Crippen LogP contribution in [0, 0.1) is 0 Å². The number of rotatable bonds is 10. The summed E-state index contributed by atoms with van der Waals surface area (Å²) < 4.78 is 9.91. The van der Waals surface area contributed by atoms with Crippen molar-refractivity contribution in [2.24, 2.45) is 0 Å². The number of phenolic OH excluding ortho intramolecular Hbond substituents is 2. The predicted octanol–water partition coefficient (Wildman–Crippen LogP) is 1.06. The van der Waals surface area contributed by atoms with Crippen LogP contribution >= 0.6 is 0 Å². The topological polar surface area (TPSA) is 154 Å². The number of ether oxygens (including phenoxy) is 2. The summed E-state index contributed by atoms with van der Waals surface area (Å²) in [5.74, 6) is -1.70. The second kappa shape index (κ2) is 11.1. The van der Waals surface area contributed by atoms with E-state index in [2.05, 4.69) is 0 Å². The average molecular weight is 444 g/mol. The molecule has 0 aliphatic carbocycles. The number of benzene rings is 2. The van der Waals surface area contributed by atoms with E-state index in [1.165, 1.54) is 62.8 Å². The van der Waals surface area contributed by atoms with Gasteiger partial charge in [0.25, 0.3) is 0 Å². The van der Waals surface area contributed by atoms with E-state index in [9.17, 15) is 35.1 Å². The van der Waals surface area contributed by atoms with Gasteiger partial charge in [0.2, 0.25) is 0 Å². The third-order valence-corrected chi connectivity index (χ3v) is 4.52. The van der Waals surface area contributed by atoms with Gasteiger partial charge in [0.05, 0.1) is 14.2 Å². The number of hydrogen-bond acceptors (Lipinski definition) is 9. The first-order valence-electron chi connectivity index (χ1n) is 9.40. The second-order valence-corrected chi connectivity index (χ2v) is 6.71. The molecule has 170 valence electrons. The van der Waals surface area contributed by atoms with Crippen molar-refractivity contribution in [1.82, 2.24) is 0 Å². The van der Waals surface area contributed by atoms with Crippen molar-refractivity contribution in [3.05, 3.63) is 59.7 Å². The van der Waals surface area contributed by atoms with Crippen LogP contribution in [0.4, 0.5) is 0 Å². The molecule has 0 saturated heterocycles. The van der Waals surface area contributed by atoms with Crippen molar-refractivity contribution in [3.8, 4) is 23.0 Å². The highest BCUT2D eigenvalue weighted by Crippen LogP contribution is 2.27. The quantitative estimate of drug-likeness (QED) is 0.339. The third-order valence-electron chi connectivity index (χ3n) is 4.52. The zero-order valence-electron chi connectivity index (χ0n) is 17.4. The Labute approximate surface area is 184 Å². The summed E-state index contributed by atoms with van der Waals surface area (Å²) in [6.45, 7) is 0. The molecule has 0 amide bonds. The number of carbonyl (C=O) groups excluding carboxylic acids is 2. The molecule has 2 unspecified atom stereocenters. The first kappa shape index (κ1) is 24.6. The summed E-state index contributed by atoms with van der Waals surface area (Å²) in [4.78, 5) is 24.3. The lowest BCUT2D eigenvalue weighted by atomic mass is 9.99. The summed E-state index contributed by atoms with van der Waals surface area (Å²) in [6, 6.07) is 8.59. The molecule has 0 heterocycles. The van der Waals surface area contributed by atoms with Crippen LogP contribution in [0.25, 0.3) is 12.2 Å². The molecule has 2 atom stereocenters. The van der Waals surface area contributed by atoms with Gasteiger partial charge in [-0.2, -0.15) is 0 Å². The van der Waals surface area contributed by atoms with E-state index in [1.807, 2.05) is 0 Å². The van der Waals surface area contributed by atoms with Gasteiger partial charge in [-0.05, 0) is 47.5 Å². The standard InChI is InChI=1S/C23H24O9/c1-31-19-11-13(3-7-15(19)24)5-9-17(26)21(28)23(30)22(29)18(27)10-6-14-4-8-16(25)20(12-14)32-2/h3-12,21-25,28-30H,1-2H3/b9-5+,10-6+. The first-order valence-corrected chi connectivity index (χ1v) is 9.40. The van der Waals surface area contributed by atoms with Gasteiger partial charge in [-0.25, -0.2) is 0 Å². The minimum absolute atomic E-state index is 0.0909. The molecule has 32 heavy (non-hydrogen) atoms. The maximum atomic E-state index is 12.1. The highest BCUT2D eigenvalue weighted by Gasteiger charge is 2.32. The molecule has 2 rings (SSSR count). The van der Waals surface area contributed by atoms with Crippen LogP contribution in [-0.2, 0) is 9.59 Å². The minimum Gasteiger partial charge on any atom is -0.504 e. The van der Waals surface area contributed by atoms with E-state index < -0.39 is 29.9 Å². The van der Waals surface area contributed by atoms with E-state index in [0.29, 0.717) is 11.1 Å². The van der Waals surface area contributed by atoms with Crippen molar-refractivity contribution in [1.29, 1.82) is 0 Å². The molecule has 0 bridgehead atoms. The number of methoxy groups -OCH3 is 2. The molecule has 2 aromatic carbocycles. The smallest absolute Gasteiger partial charge is 0.186 e. The van der Waals surface area contributed by atoms with Gasteiger partial charge >= 0.3 is 0 Å². The van der Waals surface area contributed by atoms with Crippen LogP contribution in [0.2, 0.25) is 0 Å². The van der Waals surface area contributed by atoms with E-state index in [1.54, 1.807) is 0 Å². The molecule has 0 fully saturated rings. The molecule has 0 aromatic heterocycles. The maximum absolute atomic E-state index is 12.1. The number of phenols is 2. The van der Waals surface area contributed by atoms with Crippen molar-refractivity contribution >= 4 is 23.7 Å². The molecule has 0 aliphatic rings. The van der Waals surface area contributed by atoms with Gasteiger partial charge in [0.15, 0.2) is 34.6 Å². The average Bonchev–Trinajstić information content (AvgIpc) is 2.80. The van der Waals surface area contributed by atoms with Gasteiger partial charge in [-0.1, -0.05) is 24.3 Å². The molecule has 0 aliphatic heterocycles. The van der Waals surface area contributed by atoms with Crippen molar-refractivity contribution in [2.45, 2.75) is 18.3 Å². The second-order valence-electron chi connectivity index (χ2n) is 6.71. The number of aliphatic hydroxyl groups excluding tert-OH is 3. The lowest BCUT2D eigenvalue weighted by Gasteiger charge is -2.19. The van der Waals surface area contributed by atoms with Gasteiger partial charge in [-0.15, -0.1) is 0 Å². The number of aliphatic hydroxyl groups is 3. The van der Waals surface area contributed by atoms with Crippen LogP contribution in [0.5, 0.6) is 23.0 Å². The zero-order valence-corrected chi connectivity index (χ0v) is 17.4. The third kappa shape index (κ3) is 6.17. The summed E-state index contributed by atoms with van der Waals surface area (Å²) in [6.07, 6.45) is -1.60. The normalized spacial score (nSPS) is 14.3. The summed E-state index contributed by atoms with van der Waals surface area (Å²) in [7, 11) is 2.72. The lowest BCUT2D eigenvalue weighted by molar-refractivity contribution is -0.141. The Balaban J connectivity index is 2.03. The van der Waals surface area contributed by atoms with Gasteiger partial charge in [0, 0.05) is 0 Å². The Morgan fingerprint density at radius 2 is 1.12 bits per heavy atom. The Bertz CT molecular complexity index is 945. The van der Waals surface area contributed by atoms with Crippen LogP contribution in [-0.4, -0.2) is 69.6 Å². The maximum Gasteiger partial charge on any atom is 0.186 e. The highest BCUT2D eigenvalue weighted by molar-refractivity contribution is 6.00. The SMILES string of the molecule is COc1cc(/C=C/C(=O)C(O)C(O)C(O)C(=O)/C=C/c2ccc(O)c(OC)c2)ccc1O. The Kier molecular flexibility index (Phi) is 8.54.